The number of benzene rings is 2. The fraction of sp³-hybridized carbons (Fsp3) is 0.200. The number of fused-ring (bicyclic) bond motifs is 1. The maximum atomic E-state index is 12.1. The molecule has 0 fully saturated rings. The van der Waals surface area contributed by atoms with E-state index in [0.717, 1.165) is 11.4 Å². The molecule has 0 atom stereocenters. The number of nitrogens with one attached hydrogen (secondary N) is 1. The molecule has 0 saturated carbocycles. The smallest absolute Gasteiger partial charge is 0.343 e. The number of rotatable bonds is 4. The van der Waals surface area contributed by atoms with Crippen LogP contribution in [0.2, 0.25) is 0 Å². The fourth-order valence-electron chi connectivity index (χ4n) is 2.33. The first-order chi connectivity index (χ1) is 13.0. The van der Waals surface area contributed by atoms with Gasteiger partial charge in [0, 0.05) is 29.4 Å². The minimum atomic E-state index is -0.614. The monoisotopic (exact) mass is 370 g/mol. The van der Waals surface area contributed by atoms with Crippen LogP contribution >= 0.6 is 0 Å². The molecule has 0 unspecified atom stereocenters. The van der Waals surface area contributed by atoms with Gasteiger partial charge in [-0.15, -0.1) is 0 Å². The normalized spacial score (nSPS) is 9.89. The molecule has 3 N–H and O–H groups in total. The van der Waals surface area contributed by atoms with E-state index in [1.807, 2.05) is 18.2 Å². The number of hydrogen-bond acceptors (Lipinski definition) is 6. The fourth-order valence-corrected chi connectivity index (χ4v) is 2.33. The molecule has 0 amide bonds. The lowest BCUT2D eigenvalue weighted by atomic mass is 10.1. The maximum Gasteiger partial charge on any atom is 0.343 e. The summed E-state index contributed by atoms with van der Waals surface area (Å²) in [6.45, 7) is 1.93. The van der Waals surface area contributed by atoms with E-state index < -0.39 is 5.97 Å². The van der Waals surface area contributed by atoms with Gasteiger partial charge in [-0.25, -0.2) is 4.79 Å². The highest BCUT2D eigenvalue weighted by atomic mass is 16.5. The van der Waals surface area contributed by atoms with Crippen molar-refractivity contribution in [2.45, 2.75) is 6.92 Å². The van der Waals surface area contributed by atoms with E-state index in [0.29, 0.717) is 16.7 Å². The highest BCUT2D eigenvalue weighted by molar-refractivity contribution is 5.93. The van der Waals surface area contributed by atoms with Crippen molar-refractivity contribution in [3.8, 4) is 11.5 Å². The van der Waals surface area contributed by atoms with Crippen molar-refractivity contribution < 1.29 is 19.0 Å². The van der Waals surface area contributed by atoms with Crippen molar-refractivity contribution in [2.24, 2.45) is 0 Å². The third kappa shape index (κ3) is 5.01. The summed E-state index contributed by atoms with van der Waals surface area (Å²) in [6, 6.07) is 12.3. The first-order valence-corrected chi connectivity index (χ1v) is 8.26. The molecule has 0 saturated heterocycles. The SMILES string of the molecule is CCOC(=O)c1c[nH]c2cc(OC)ccc2c1=O.COc1cccc(N)c1. The highest BCUT2D eigenvalue weighted by Gasteiger charge is 2.13. The summed E-state index contributed by atoms with van der Waals surface area (Å²) in [5.41, 5.74) is 6.47. The number of aromatic amines is 1. The number of ether oxygens (including phenoxy) is 3. The van der Waals surface area contributed by atoms with Gasteiger partial charge in [-0.05, 0) is 31.2 Å². The van der Waals surface area contributed by atoms with Crippen molar-refractivity contribution in [1.29, 1.82) is 0 Å². The summed E-state index contributed by atoms with van der Waals surface area (Å²) >= 11 is 0. The van der Waals surface area contributed by atoms with Crippen molar-refractivity contribution in [3.63, 3.8) is 0 Å². The lowest BCUT2D eigenvalue weighted by Crippen LogP contribution is -2.18. The molecule has 1 heterocycles. The number of carbonyl (C=O) groups is 1. The number of H-pyrrole nitrogens is 1. The number of esters is 1. The third-order valence-corrected chi connectivity index (χ3v) is 3.68. The molecule has 0 aliphatic rings. The third-order valence-electron chi connectivity index (χ3n) is 3.68. The number of aromatic nitrogens is 1. The maximum absolute atomic E-state index is 12.1. The van der Waals surface area contributed by atoms with Crippen LogP contribution in [0.15, 0.2) is 53.5 Å². The minimum Gasteiger partial charge on any atom is -0.497 e. The van der Waals surface area contributed by atoms with E-state index in [9.17, 15) is 9.59 Å². The molecule has 1 aromatic heterocycles. The summed E-state index contributed by atoms with van der Waals surface area (Å²) in [6.07, 6.45) is 1.36. The molecule has 0 spiro atoms. The Kier molecular flexibility index (Phi) is 6.82. The van der Waals surface area contributed by atoms with E-state index in [1.165, 1.54) is 6.20 Å². The van der Waals surface area contributed by atoms with Crippen LogP contribution in [-0.2, 0) is 4.74 Å². The van der Waals surface area contributed by atoms with Crippen LogP contribution in [-0.4, -0.2) is 31.8 Å². The number of pyridine rings is 1. The minimum absolute atomic E-state index is 0.00881. The number of methoxy groups -OCH3 is 2. The molecule has 7 nitrogen and oxygen atoms in total. The topological polar surface area (TPSA) is 104 Å². The summed E-state index contributed by atoms with van der Waals surface area (Å²) < 4.78 is 14.8. The molecule has 2 aromatic carbocycles. The molecule has 3 rings (SSSR count). The zero-order valence-electron chi connectivity index (χ0n) is 15.4. The summed E-state index contributed by atoms with van der Waals surface area (Å²) in [4.78, 5) is 26.5. The average molecular weight is 370 g/mol. The molecule has 0 radical (unpaired) electrons. The van der Waals surface area contributed by atoms with Gasteiger partial charge in [0.15, 0.2) is 0 Å². The van der Waals surface area contributed by atoms with E-state index >= 15 is 0 Å². The van der Waals surface area contributed by atoms with Gasteiger partial charge in [-0.3, -0.25) is 4.79 Å². The van der Waals surface area contributed by atoms with Gasteiger partial charge >= 0.3 is 5.97 Å². The van der Waals surface area contributed by atoms with Crippen LogP contribution in [0.25, 0.3) is 10.9 Å². The number of carbonyl (C=O) groups excluding carboxylic acids is 1. The second-order valence-electron chi connectivity index (χ2n) is 5.44. The summed E-state index contributed by atoms with van der Waals surface area (Å²) in [7, 11) is 3.17. The molecule has 0 aliphatic carbocycles. The van der Waals surface area contributed by atoms with Crippen molar-refractivity contribution >= 4 is 22.6 Å². The van der Waals surface area contributed by atoms with Gasteiger partial charge in [0.2, 0.25) is 5.43 Å². The Morgan fingerprint density at radius 1 is 1.07 bits per heavy atom. The second-order valence-corrected chi connectivity index (χ2v) is 5.44. The van der Waals surface area contributed by atoms with Gasteiger partial charge in [0.25, 0.3) is 0 Å². The molecular weight excluding hydrogens is 348 g/mol. The van der Waals surface area contributed by atoms with Crippen LogP contribution in [0.3, 0.4) is 0 Å². The van der Waals surface area contributed by atoms with Gasteiger partial charge in [-0.1, -0.05) is 6.07 Å². The Morgan fingerprint density at radius 3 is 2.37 bits per heavy atom. The van der Waals surface area contributed by atoms with Crippen LogP contribution in [0, 0.1) is 0 Å². The molecule has 142 valence electrons. The zero-order valence-corrected chi connectivity index (χ0v) is 15.4. The lowest BCUT2D eigenvalue weighted by Gasteiger charge is -2.05. The van der Waals surface area contributed by atoms with E-state index in [-0.39, 0.29) is 17.6 Å². The van der Waals surface area contributed by atoms with Crippen LogP contribution < -0.4 is 20.6 Å². The number of anilines is 1. The Balaban J connectivity index is 0.000000244. The van der Waals surface area contributed by atoms with Gasteiger partial charge in [0.1, 0.15) is 17.1 Å². The van der Waals surface area contributed by atoms with Crippen molar-refractivity contribution in [2.75, 3.05) is 26.6 Å². The van der Waals surface area contributed by atoms with Gasteiger partial charge in [-0.2, -0.15) is 0 Å². The van der Waals surface area contributed by atoms with E-state index in [1.54, 1.807) is 45.4 Å². The molecule has 3 aromatic rings. The van der Waals surface area contributed by atoms with Crippen LogP contribution in [0.5, 0.6) is 11.5 Å². The van der Waals surface area contributed by atoms with Crippen molar-refractivity contribution in [1.82, 2.24) is 4.98 Å². The molecule has 27 heavy (non-hydrogen) atoms. The first-order valence-electron chi connectivity index (χ1n) is 8.26. The highest BCUT2D eigenvalue weighted by Crippen LogP contribution is 2.17. The quantitative estimate of drug-likeness (QED) is 0.540. The predicted molar refractivity (Wildman–Crippen MR) is 104 cm³/mol. The van der Waals surface area contributed by atoms with E-state index in [2.05, 4.69) is 4.98 Å². The second kappa shape index (κ2) is 9.28. The zero-order chi connectivity index (χ0) is 19.8. The Hall–Kier alpha value is -3.48. The Morgan fingerprint density at radius 2 is 1.78 bits per heavy atom. The first kappa shape index (κ1) is 19.8. The average Bonchev–Trinajstić information content (AvgIpc) is 2.68. The molecule has 0 bridgehead atoms. The molecular formula is C20H22N2O5. The van der Waals surface area contributed by atoms with E-state index in [4.69, 9.17) is 19.9 Å². The Labute approximate surface area is 156 Å². The number of hydrogen-bond donors (Lipinski definition) is 2. The largest absolute Gasteiger partial charge is 0.497 e. The van der Waals surface area contributed by atoms with Gasteiger partial charge < -0.3 is 24.9 Å². The Bertz CT molecular complexity index is 982. The van der Waals surface area contributed by atoms with Crippen molar-refractivity contribution in [3.05, 3.63) is 64.4 Å². The summed E-state index contributed by atoms with van der Waals surface area (Å²) in [5.74, 6) is 0.827. The molecule has 0 aliphatic heterocycles. The summed E-state index contributed by atoms with van der Waals surface area (Å²) in [5, 5.41) is 0.432. The standard InChI is InChI=1S/C13H13NO4.C7H9NO/c1-3-18-13(16)10-7-14-11-6-8(17-2)4-5-9(11)12(10)15;1-9-7-4-2-3-6(8)5-7/h4-7H,3H2,1-2H3,(H,14,15);2-5H,8H2,1H3. The lowest BCUT2D eigenvalue weighted by molar-refractivity contribution is 0.0524. The number of nitrogen functional groups attached to an aromatic ring is 1. The van der Waals surface area contributed by atoms with Gasteiger partial charge in [0.05, 0.1) is 26.3 Å². The van der Waals surface area contributed by atoms with Crippen LogP contribution in [0.1, 0.15) is 17.3 Å². The van der Waals surface area contributed by atoms with Crippen LogP contribution in [0.4, 0.5) is 5.69 Å². The predicted octanol–water partition coefficient (Wildman–Crippen LogP) is 2.99. The molecule has 7 heteroatoms. The number of nitrogens with two attached hydrogens (primary N) is 1.